The summed E-state index contributed by atoms with van der Waals surface area (Å²) in [6.45, 7) is 3.79. The van der Waals surface area contributed by atoms with Gasteiger partial charge in [0, 0.05) is 32.7 Å². The van der Waals surface area contributed by atoms with Crippen LogP contribution in [0.3, 0.4) is 0 Å². The number of nitrogens with zero attached hydrogens (tertiary/aromatic N) is 3. The molecule has 0 spiro atoms. The summed E-state index contributed by atoms with van der Waals surface area (Å²) in [6, 6.07) is 12.1. The van der Waals surface area contributed by atoms with E-state index in [2.05, 4.69) is 36.6 Å². The molecule has 1 aliphatic heterocycles. The Balaban J connectivity index is 1.56. The molecular formula is C26H30BrF2N5O4. The van der Waals surface area contributed by atoms with E-state index in [1.807, 2.05) is 30.3 Å². The number of hydrogen-bond donors (Lipinski definition) is 3. The number of aliphatic hydroxyl groups excluding tert-OH is 1. The summed E-state index contributed by atoms with van der Waals surface area (Å²) in [6.07, 6.45) is -0.708. The molecule has 0 saturated carbocycles. The Bertz CT molecular complexity index is 1240. The van der Waals surface area contributed by atoms with Gasteiger partial charge >= 0.3 is 6.03 Å². The number of nitrogens with one attached hydrogen (secondary N) is 2. The van der Waals surface area contributed by atoms with E-state index < -0.39 is 23.8 Å². The number of aliphatic hydroxyl groups is 1. The van der Waals surface area contributed by atoms with Gasteiger partial charge in [0.15, 0.2) is 17.5 Å². The van der Waals surface area contributed by atoms with Gasteiger partial charge in [-0.05, 0) is 52.7 Å². The van der Waals surface area contributed by atoms with E-state index in [1.165, 1.54) is 10.7 Å². The Hall–Kier alpha value is -3.06. The van der Waals surface area contributed by atoms with E-state index in [-0.39, 0.29) is 24.4 Å². The molecule has 4 rings (SSSR count). The Labute approximate surface area is 227 Å². The molecule has 1 saturated heterocycles. The molecule has 2 amide bonds. The summed E-state index contributed by atoms with van der Waals surface area (Å²) >= 11 is 3.46. The number of likely N-dealkylation sites (tertiary alicyclic amines) is 1. The van der Waals surface area contributed by atoms with Gasteiger partial charge < -0.3 is 19.9 Å². The smallest absolute Gasteiger partial charge is 0.320 e. The molecule has 38 heavy (non-hydrogen) atoms. The third kappa shape index (κ3) is 6.68. The number of rotatable bonds is 10. The van der Waals surface area contributed by atoms with Gasteiger partial charge in [-0.1, -0.05) is 24.3 Å². The first kappa shape index (κ1) is 28.0. The average Bonchev–Trinajstić information content (AvgIpc) is 3.44. The molecule has 3 atom stereocenters. The lowest BCUT2D eigenvalue weighted by molar-refractivity contribution is 0.119. The lowest BCUT2D eigenvalue weighted by Crippen LogP contribution is -2.42. The Morgan fingerprint density at radius 3 is 2.66 bits per heavy atom. The highest BCUT2D eigenvalue weighted by molar-refractivity contribution is 9.10. The molecule has 3 N–H and O–H groups in total. The minimum absolute atomic E-state index is 0.0192. The number of anilines is 1. The molecule has 1 fully saturated rings. The molecular weight excluding hydrogens is 564 g/mol. The Morgan fingerprint density at radius 1 is 1.21 bits per heavy atom. The minimum Gasteiger partial charge on any atom is -0.473 e. The predicted octanol–water partition coefficient (Wildman–Crippen LogP) is 3.91. The zero-order valence-corrected chi connectivity index (χ0v) is 22.6. The zero-order valence-electron chi connectivity index (χ0n) is 21.0. The Kier molecular flexibility index (Phi) is 9.31. The number of halogens is 3. The summed E-state index contributed by atoms with van der Waals surface area (Å²) in [5, 5.41) is 19.9. The third-order valence-electron chi connectivity index (χ3n) is 6.19. The molecule has 1 aromatic heterocycles. The summed E-state index contributed by atoms with van der Waals surface area (Å²) in [4.78, 5) is 15.4. The Morgan fingerprint density at radius 2 is 1.97 bits per heavy atom. The maximum absolute atomic E-state index is 14.0. The van der Waals surface area contributed by atoms with Gasteiger partial charge in [-0.15, -0.1) is 5.10 Å². The van der Waals surface area contributed by atoms with Gasteiger partial charge in [0.05, 0.1) is 24.4 Å². The van der Waals surface area contributed by atoms with Crippen LogP contribution in [-0.2, 0) is 4.74 Å². The van der Waals surface area contributed by atoms with Crippen LogP contribution in [0.2, 0.25) is 0 Å². The number of carbonyl (C=O) groups is 1. The lowest BCUT2D eigenvalue weighted by atomic mass is 9.94. The number of para-hydroxylation sites is 1. The van der Waals surface area contributed by atoms with Crippen molar-refractivity contribution >= 4 is 27.8 Å². The van der Waals surface area contributed by atoms with E-state index in [1.54, 1.807) is 20.1 Å². The fourth-order valence-electron chi connectivity index (χ4n) is 4.36. The summed E-state index contributed by atoms with van der Waals surface area (Å²) in [5.74, 6) is -1.58. The van der Waals surface area contributed by atoms with Crippen LogP contribution in [0, 0.1) is 11.6 Å². The van der Waals surface area contributed by atoms with Crippen molar-refractivity contribution in [1.29, 1.82) is 0 Å². The van der Waals surface area contributed by atoms with Crippen LogP contribution >= 0.6 is 15.9 Å². The van der Waals surface area contributed by atoms with Crippen molar-refractivity contribution in [3.05, 3.63) is 70.2 Å². The van der Waals surface area contributed by atoms with Crippen molar-refractivity contribution in [2.24, 2.45) is 0 Å². The standard InChI is InChI=1S/C26H30BrF2N5O4/c1-16(35)15-38-25-23(27)24(34(32-25)18-6-4-3-5-7-18)31-26(36)30-22-14-33(10-11-37-2)13-19(22)17-8-9-20(28)21(29)12-17/h3-9,12,16,19,22,35H,10-11,13-15H2,1-2H3,(H2,30,31,36)/t16-,19+,22-/m1/s1. The normalized spacial score (nSPS) is 18.4. The van der Waals surface area contributed by atoms with E-state index in [4.69, 9.17) is 9.47 Å². The van der Waals surface area contributed by atoms with Crippen LogP contribution in [-0.4, -0.2) is 77.9 Å². The van der Waals surface area contributed by atoms with E-state index in [0.717, 1.165) is 6.07 Å². The van der Waals surface area contributed by atoms with Crippen molar-refractivity contribution in [1.82, 2.24) is 20.0 Å². The molecule has 1 aliphatic rings. The first-order valence-corrected chi connectivity index (χ1v) is 12.9. The quantitative estimate of drug-likeness (QED) is 0.329. The number of urea groups is 1. The minimum atomic E-state index is -0.929. The zero-order chi connectivity index (χ0) is 27.2. The molecule has 0 bridgehead atoms. The van der Waals surface area contributed by atoms with Gasteiger partial charge in [0.25, 0.3) is 0 Å². The number of carbonyl (C=O) groups excluding carboxylic acids is 1. The molecule has 12 heteroatoms. The molecule has 9 nitrogen and oxygen atoms in total. The summed E-state index contributed by atoms with van der Waals surface area (Å²) in [7, 11) is 1.61. The van der Waals surface area contributed by atoms with Crippen molar-refractivity contribution in [3.8, 4) is 11.6 Å². The maximum atomic E-state index is 14.0. The van der Waals surface area contributed by atoms with E-state index in [0.29, 0.717) is 47.8 Å². The number of amides is 2. The van der Waals surface area contributed by atoms with Crippen molar-refractivity contribution in [2.75, 3.05) is 45.3 Å². The molecule has 2 heterocycles. The van der Waals surface area contributed by atoms with E-state index in [9.17, 15) is 18.7 Å². The van der Waals surface area contributed by atoms with Crippen molar-refractivity contribution < 1.29 is 28.2 Å². The number of hydrogen-bond acceptors (Lipinski definition) is 6. The SMILES string of the molecule is COCCN1C[C@@H](NC(=O)Nc2c(Br)c(OC[C@@H](C)O)nn2-c2ccccc2)[C@H](c2ccc(F)c(F)c2)C1. The van der Waals surface area contributed by atoms with Crippen molar-refractivity contribution in [3.63, 3.8) is 0 Å². The van der Waals surface area contributed by atoms with Gasteiger partial charge in [0.1, 0.15) is 11.1 Å². The molecule has 0 radical (unpaired) electrons. The number of ether oxygens (including phenoxy) is 2. The lowest BCUT2D eigenvalue weighted by Gasteiger charge is -2.21. The van der Waals surface area contributed by atoms with Crippen molar-refractivity contribution in [2.45, 2.75) is 25.0 Å². The van der Waals surface area contributed by atoms with Crippen LogP contribution in [0.15, 0.2) is 53.0 Å². The van der Waals surface area contributed by atoms with Gasteiger partial charge in [-0.3, -0.25) is 10.2 Å². The maximum Gasteiger partial charge on any atom is 0.320 e. The highest BCUT2D eigenvalue weighted by atomic mass is 79.9. The third-order valence-corrected chi connectivity index (χ3v) is 6.90. The number of aromatic nitrogens is 2. The highest BCUT2D eigenvalue weighted by Gasteiger charge is 2.35. The molecule has 0 aliphatic carbocycles. The second-order valence-electron chi connectivity index (χ2n) is 9.11. The van der Waals surface area contributed by atoms with Crippen LogP contribution in [0.4, 0.5) is 19.4 Å². The van der Waals surface area contributed by atoms with Gasteiger partial charge in [-0.25, -0.2) is 18.3 Å². The first-order valence-electron chi connectivity index (χ1n) is 12.1. The van der Waals surface area contributed by atoms with Gasteiger partial charge in [-0.2, -0.15) is 0 Å². The summed E-state index contributed by atoms with van der Waals surface area (Å²) < 4.78 is 40.3. The second kappa shape index (κ2) is 12.7. The highest BCUT2D eigenvalue weighted by Crippen LogP contribution is 2.35. The average molecular weight is 594 g/mol. The molecule has 2 aromatic carbocycles. The van der Waals surface area contributed by atoms with Crippen LogP contribution < -0.4 is 15.4 Å². The number of methoxy groups -OCH3 is 1. The first-order chi connectivity index (χ1) is 18.3. The van der Waals surface area contributed by atoms with Crippen LogP contribution in [0.1, 0.15) is 18.4 Å². The summed E-state index contributed by atoms with van der Waals surface area (Å²) in [5.41, 5.74) is 1.28. The molecule has 3 aromatic rings. The van der Waals surface area contributed by atoms with Gasteiger partial charge in [0.2, 0.25) is 5.88 Å². The predicted molar refractivity (Wildman–Crippen MR) is 142 cm³/mol. The number of benzene rings is 2. The largest absolute Gasteiger partial charge is 0.473 e. The fourth-order valence-corrected chi connectivity index (χ4v) is 4.82. The monoisotopic (exact) mass is 593 g/mol. The topological polar surface area (TPSA) is 101 Å². The second-order valence-corrected chi connectivity index (χ2v) is 9.91. The van der Waals surface area contributed by atoms with E-state index >= 15 is 0 Å². The van der Waals surface area contributed by atoms with Crippen LogP contribution in [0.25, 0.3) is 5.69 Å². The fraction of sp³-hybridized carbons (Fsp3) is 0.385. The molecule has 0 unspecified atom stereocenters. The van der Waals surface area contributed by atoms with Crippen LogP contribution in [0.5, 0.6) is 5.88 Å². The molecule has 204 valence electrons.